The van der Waals surface area contributed by atoms with Crippen LogP contribution in [0.2, 0.25) is 0 Å². The summed E-state index contributed by atoms with van der Waals surface area (Å²) in [5.74, 6) is -0.0388. The van der Waals surface area contributed by atoms with Crippen molar-refractivity contribution in [1.82, 2.24) is 14.6 Å². The predicted octanol–water partition coefficient (Wildman–Crippen LogP) is 1.15. The van der Waals surface area contributed by atoms with E-state index in [0.29, 0.717) is 18.7 Å². The molecule has 1 amide bonds. The maximum Gasteiger partial charge on any atom is 0.220 e. The first-order chi connectivity index (χ1) is 9.93. The summed E-state index contributed by atoms with van der Waals surface area (Å²) in [5.41, 5.74) is 0.681. The van der Waals surface area contributed by atoms with Crippen molar-refractivity contribution in [2.45, 2.75) is 32.7 Å². The summed E-state index contributed by atoms with van der Waals surface area (Å²) in [7, 11) is -3.34. The number of hydrogen-bond donors (Lipinski definition) is 1. The molecule has 21 heavy (non-hydrogen) atoms. The van der Waals surface area contributed by atoms with Crippen LogP contribution in [0.15, 0.2) is 24.4 Å². The zero-order chi connectivity index (χ0) is 15.7. The lowest BCUT2D eigenvalue weighted by Gasteiger charge is -2.19. The van der Waals surface area contributed by atoms with Crippen molar-refractivity contribution in [1.29, 1.82) is 0 Å². The number of unbranched alkanes of at least 4 members (excludes halogenated alkanes) is 1. The number of nitrogens with one attached hydrogen (secondary N) is 1. The Bertz CT molecular complexity index is 532. The van der Waals surface area contributed by atoms with Crippen molar-refractivity contribution in [3.05, 3.63) is 30.1 Å². The van der Waals surface area contributed by atoms with E-state index in [0.717, 1.165) is 19.1 Å². The Morgan fingerprint density at radius 3 is 2.71 bits per heavy atom. The van der Waals surface area contributed by atoms with Crippen molar-refractivity contribution in [3.63, 3.8) is 0 Å². The lowest BCUT2D eigenvalue weighted by molar-refractivity contribution is -0.121. The number of hydrogen-bond acceptors (Lipinski definition) is 4. The van der Waals surface area contributed by atoms with Crippen LogP contribution < -0.4 is 5.32 Å². The first kappa shape index (κ1) is 17.6. The summed E-state index contributed by atoms with van der Waals surface area (Å²) in [6.45, 7) is 2.78. The van der Waals surface area contributed by atoms with Gasteiger partial charge in [0.25, 0.3) is 0 Å². The molecule has 1 N–H and O–H groups in total. The van der Waals surface area contributed by atoms with Crippen LogP contribution in [0.4, 0.5) is 0 Å². The van der Waals surface area contributed by atoms with E-state index in [2.05, 4.69) is 10.3 Å². The number of aromatic nitrogens is 1. The quantitative estimate of drug-likeness (QED) is 0.741. The van der Waals surface area contributed by atoms with E-state index < -0.39 is 10.0 Å². The molecule has 0 aliphatic carbocycles. The molecule has 7 heteroatoms. The van der Waals surface area contributed by atoms with Crippen LogP contribution >= 0.6 is 0 Å². The van der Waals surface area contributed by atoms with Gasteiger partial charge in [0.05, 0.1) is 18.5 Å². The molecular weight excluding hydrogens is 290 g/mol. The van der Waals surface area contributed by atoms with E-state index in [1.807, 2.05) is 13.0 Å². The minimum Gasteiger partial charge on any atom is -0.355 e. The minimum absolute atomic E-state index is 0.0388. The normalized spacial score (nSPS) is 11.6. The Morgan fingerprint density at radius 1 is 1.38 bits per heavy atom. The molecule has 1 heterocycles. The summed E-state index contributed by atoms with van der Waals surface area (Å²) in [5, 5.41) is 2.74. The number of carbonyl (C=O) groups excluding carboxylic acids is 1. The minimum atomic E-state index is -3.34. The standard InChI is InChI=1S/C14H23N3O3S/c1-3-4-8-14(18)16-10-11-17(21(2,19)20)12-13-7-5-6-9-15-13/h5-7,9H,3-4,8,10-12H2,1-2H3,(H,16,18). The van der Waals surface area contributed by atoms with Crippen LogP contribution in [0.25, 0.3) is 0 Å². The van der Waals surface area contributed by atoms with Crippen molar-refractivity contribution >= 4 is 15.9 Å². The number of carbonyl (C=O) groups is 1. The molecule has 1 aromatic rings. The third-order valence-electron chi connectivity index (χ3n) is 2.97. The van der Waals surface area contributed by atoms with Gasteiger partial charge >= 0.3 is 0 Å². The van der Waals surface area contributed by atoms with Gasteiger partial charge in [-0.05, 0) is 18.6 Å². The zero-order valence-corrected chi connectivity index (χ0v) is 13.4. The van der Waals surface area contributed by atoms with E-state index in [4.69, 9.17) is 0 Å². The van der Waals surface area contributed by atoms with Gasteiger partial charge in [-0.3, -0.25) is 9.78 Å². The van der Waals surface area contributed by atoms with E-state index in [-0.39, 0.29) is 19.0 Å². The molecule has 0 saturated carbocycles. The highest BCUT2D eigenvalue weighted by molar-refractivity contribution is 7.88. The van der Waals surface area contributed by atoms with Crippen molar-refractivity contribution in [2.24, 2.45) is 0 Å². The molecule has 6 nitrogen and oxygen atoms in total. The summed E-state index contributed by atoms with van der Waals surface area (Å²) >= 11 is 0. The highest BCUT2D eigenvalue weighted by atomic mass is 32.2. The number of rotatable bonds is 9. The summed E-state index contributed by atoms with van der Waals surface area (Å²) in [6.07, 6.45) is 5.07. The SMILES string of the molecule is CCCCC(=O)NCCN(Cc1ccccn1)S(C)(=O)=O. The number of pyridine rings is 1. The monoisotopic (exact) mass is 313 g/mol. The number of sulfonamides is 1. The lowest BCUT2D eigenvalue weighted by Crippen LogP contribution is -2.37. The fourth-order valence-electron chi connectivity index (χ4n) is 1.78. The van der Waals surface area contributed by atoms with Crippen LogP contribution in [-0.2, 0) is 21.4 Å². The summed E-state index contributed by atoms with van der Waals surface area (Å²) in [4.78, 5) is 15.6. The van der Waals surface area contributed by atoms with E-state index >= 15 is 0 Å². The van der Waals surface area contributed by atoms with Gasteiger partial charge in [-0.1, -0.05) is 19.4 Å². The zero-order valence-electron chi connectivity index (χ0n) is 12.6. The molecule has 0 atom stereocenters. The molecule has 118 valence electrons. The van der Waals surface area contributed by atoms with E-state index in [1.165, 1.54) is 4.31 Å². The highest BCUT2D eigenvalue weighted by Gasteiger charge is 2.17. The fraction of sp³-hybridized carbons (Fsp3) is 0.571. The maximum atomic E-state index is 11.8. The molecule has 0 radical (unpaired) electrons. The third kappa shape index (κ3) is 7.19. The molecule has 0 aromatic carbocycles. The molecule has 0 aliphatic rings. The van der Waals surface area contributed by atoms with Crippen molar-refractivity contribution < 1.29 is 13.2 Å². The number of amides is 1. The predicted molar refractivity (Wildman–Crippen MR) is 82.0 cm³/mol. The van der Waals surface area contributed by atoms with Gasteiger partial charge in [0, 0.05) is 25.7 Å². The first-order valence-corrected chi connectivity index (χ1v) is 8.90. The smallest absolute Gasteiger partial charge is 0.220 e. The Hall–Kier alpha value is -1.47. The van der Waals surface area contributed by atoms with Gasteiger partial charge < -0.3 is 5.32 Å². The van der Waals surface area contributed by atoms with Crippen LogP contribution in [0.1, 0.15) is 31.9 Å². The average molecular weight is 313 g/mol. The fourth-order valence-corrected chi connectivity index (χ4v) is 2.57. The van der Waals surface area contributed by atoms with Crippen LogP contribution in [0.5, 0.6) is 0 Å². The topological polar surface area (TPSA) is 79.4 Å². The van der Waals surface area contributed by atoms with E-state index in [1.54, 1.807) is 18.3 Å². The molecule has 0 saturated heterocycles. The molecule has 1 rings (SSSR count). The molecule has 0 aliphatic heterocycles. The largest absolute Gasteiger partial charge is 0.355 e. The molecule has 0 spiro atoms. The second kappa shape index (κ2) is 8.74. The second-order valence-corrected chi connectivity index (χ2v) is 6.85. The Labute approximate surface area is 126 Å². The van der Waals surface area contributed by atoms with Gasteiger partial charge in [0.15, 0.2) is 0 Å². The molecule has 0 fully saturated rings. The summed E-state index contributed by atoms with van der Waals surface area (Å²) in [6, 6.07) is 5.37. The summed E-state index contributed by atoms with van der Waals surface area (Å²) < 4.78 is 24.9. The van der Waals surface area contributed by atoms with Crippen LogP contribution in [0.3, 0.4) is 0 Å². The van der Waals surface area contributed by atoms with Gasteiger partial charge in [-0.25, -0.2) is 8.42 Å². The molecular formula is C14H23N3O3S. The van der Waals surface area contributed by atoms with Crippen molar-refractivity contribution in [3.8, 4) is 0 Å². The Kier molecular flexibility index (Phi) is 7.31. The second-order valence-electron chi connectivity index (χ2n) is 4.87. The van der Waals surface area contributed by atoms with Gasteiger partial charge in [-0.15, -0.1) is 0 Å². The van der Waals surface area contributed by atoms with Crippen molar-refractivity contribution in [2.75, 3.05) is 19.3 Å². The highest BCUT2D eigenvalue weighted by Crippen LogP contribution is 2.05. The first-order valence-electron chi connectivity index (χ1n) is 7.05. The van der Waals surface area contributed by atoms with Gasteiger partial charge in [-0.2, -0.15) is 4.31 Å². The van der Waals surface area contributed by atoms with Crippen LogP contribution in [0, 0.1) is 0 Å². The van der Waals surface area contributed by atoms with Gasteiger partial charge in [0.1, 0.15) is 0 Å². The molecule has 0 unspecified atom stereocenters. The Balaban J connectivity index is 2.50. The number of nitrogens with zero attached hydrogens (tertiary/aromatic N) is 2. The average Bonchev–Trinajstić information content (AvgIpc) is 2.44. The Morgan fingerprint density at radius 2 is 2.14 bits per heavy atom. The maximum absolute atomic E-state index is 11.8. The molecule has 0 bridgehead atoms. The van der Waals surface area contributed by atoms with E-state index in [9.17, 15) is 13.2 Å². The third-order valence-corrected chi connectivity index (χ3v) is 4.22. The lowest BCUT2D eigenvalue weighted by atomic mass is 10.2. The van der Waals surface area contributed by atoms with Crippen LogP contribution in [-0.4, -0.2) is 43.0 Å². The molecule has 1 aromatic heterocycles. The van der Waals surface area contributed by atoms with Gasteiger partial charge in [0.2, 0.25) is 15.9 Å².